The standard InChI is InChI=1S/C23H17F3N2O2/c24-23(25,26)22-20(16-9-5-2-6-10-16)21(27-28-22)18-12-11-17(13-19(18)29)30-14-15-7-3-1-4-8-15/h1-13,29H,14H2,(H,27,28). The van der Waals surface area contributed by atoms with E-state index in [4.69, 9.17) is 4.74 Å². The first-order chi connectivity index (χ1) is 14.4. The molecular weight excluding hydrogens is 393 g/mol. The molecule has 0 aliphatic rings. The van der Waals surface area contributed by atoms with Crippen LogP contribution < -0.4 is 4.74 Å². The zero-order chi connectivity index (χ0) is 21.1. The van der Waals surface area contributed by atoms with Gasteiger partial charge in [-0.05, 0) is 23.3 Å². The fraction of sp³-hybridized carbons (Fsp3) is 0.0870. The molecule has 0 radical (unpaired) electrons. The van der Waals surface area contributed by atoms with Crippen molar-refractivity contribution in [2.45, 2.75) is 12.8 Å². The highest BCUT2D eigenvalue weighted by Crippen LogP contribution is 2.43. The number of H-pyrrole nitrogens is 1. The van der Waals surface area contributed by atoms with Crippen molar-refractivity contribution in [2.24, 2.45) is 0 Å². The van der Waals surface area contributed by atoms with Crippen molar-refractivity contribution in [1.29, 1.82) is 0 Å². The Hall–Kier alpha value is -3.74. The molecule has 4 aromatic rings. The number of ether oxygens (including phenoxy) is 1. The van der Waals surface area contributed by atoms with Gasteiger partial charge in [0.2, 0.25) is 0 Å². The largest absolute Gasteiger partial charge is 0.507 e. The van der Waals surface area contributed by atoms with Gasteiger partial charge in [0.05, 0.1) is 0 Å². The molecule has 4 rings (SSSR count). The molecule has 0 bridgehead atoms. The van der Waals surface area contributed by atoms with Gasteiger partial charge in [-0.25, -0.2) is 0 Å². The average Bonchev–Trinajstić information content (AvgIpc) is 3.19. The van der Waals surface area contributed by atoms with E-state index in [0.29, 0.717) is 17.9 Å². The minimum Gasteiger partial charge on any atom is -0.507 e. The van der Waals surface area contributed by atoms with Gasteiger partial charge in [-0.2, -0.15) is 18.3 Å². The third kappa shape index (κ3) is 4.00. The summed E-state index contributed by atoms with van der Waals surface area (Å²) in [5.74, 6) is 0.172. The van der Waals surface area contributed by atoms with Crippen LogP contribution in [-0.4, -0.2) is 15.3 Å². The third-order valence-corrected chi connectivity index (χ3v) is 4.58. The zero-order valence-corrected chi connectivity index (χ0v) is 15.6. The van der Waals surface area contributed by atoms with E-state index in [2.05, 4.69) is 10.2 Å². The van der Waals surface area contributed by atoms with E-state index in [0.717, 1.165) is 5.56 Å². The van der Waals surface area contributed by atoms with Crippen LogP contribution in [0.4, 0.5) is 13.2 Å². The predicted octanol–water partition coefficient (Wildman–Crippen LogP) is 6.05. The van der Waals surface area contributed by atoms with E-state index in [1.807, 2.05) is 30.3 Å². The number of aromatic nitrogens is 2. The summed E-state index contributed by atoms with van der Waals surface area (Å²) >= 11 is 0. The minimum atomic E-state index is -4.62. The van der Waals surface area contributed by atoms with Crippen molar-refractivity contribution in [3.8, 4) is 33.9 Å². The number of phenols is 1. The SMILES string of the molecule is Oc1cc(OCc2ccccc2)ccc1-c1n[nH]c(C(F)(F)F)c1-c1ccccc1. The van der Waals surface area contributed by atoms with E-state index < -0.39 is 11.9 Å². The summed E-state index contributed by atoms with van der Waals surface area (Å²) in [5, 5.41) is 16.5. The first-order valence-electron chi connectivity index (χ1n) is 9.14. The zero-order valence-electron chi connectivity index (χ0n) is 15.6. The topological polar surface area (TPSA) is 58.1 Å². The number of halogens is 3. The molecule has 0 aliphatic carbocycles. The van der Waals surface area contributed by atoms with Gasteiger partial charge in [-0.3, -0.25) is 5.10 Å². The molecule has 0 atom stereocenters. The fourth-order valence-corrected chi connectivity index (χ4v) is 3.17. The predicted molar refractivity (Wildman–Crippen MR) is 107 cm³/mol. The molecule has 152 valence electrons. The lowest BCUT2D eigenvalue weighted by molar-refractivity contribution is -0.140. The van der Waals surface area contributed by atoms with Crippen LogP contribution in [0.2, 0.25) is 0 Å². The number of benzene rings is 3. The van der Waals surface area contributed by atoms with Crippen LogP contribution in [-0.2, 0) is 12.8 Å². The molecule has 0 amide bonds. The third-order valence-electron chi connectivity index (χ3n) is 4.58. The summed E-state index contributed by atoms with van der Waals surface area (Å²) in [7, 11) is 0. The van der Waals surface area contributed by atoms with Crippen LogP contribution >= 0.6 is 0 Å². The van der Waals surface area contributed by atoms with E-state index in [-0.39, 0.29) is 22.6 Å². The number of hydrogen-bond donors (Lipinski definition) is 2. The lowest BCUT2D eigenvalue weighted by Crippen LogP contribution is -2.07. The fourth-order valence-electron chi connectivity index (χ4n) is 3.17. The van der Waals surface area contributed by atoms with Crippen molar-refractivity contribution >= 4 is 0 Å². The molecule has 1 aromatic heterocycles. The number of alkyl halides is 3. The number of nitrogens with zero attached hydrogens (tertiary/aromatic N) is 1. The second-order valence-corrected chi connectivity index (χ2v) is 6.64. The average molecular weight is 410 g/mol. The van der Waals surface area contributed by atoms with Crippen molar-refractivity contribution in [2.75, 3.05) is 0 Å². The molecule has 0 saturated carbocycles. The first-order valence-corrected chi connectivity index (χ1v) is 9.14. The second kappa shape index (κ2) is 7.94. The van der Waals surface area contributed by atoms with E-state index in [9.17, 15) is 18.3 Å². The summed E-state index contributed by atoms with van der Waals surface area (Å²) in [4.78, 5) is 0. The van der Waals surface area contributed by atoms with Crippen LogP contribution in [0.1, 0.15) is 11.3 Å². The van der Waals surface area contributed by atoms with Gasteiger partial charge in [0.1, 0.15) is 29.5 Å². The summed E-state index contributed by atoms with van der Waals surface area (Å²) < 4.78 is 46.3. The van der Waals surface area contributed by atoms with Gasteiger partial charge in [0.15, 0.2) is 0 Å². The smallest absolute Gasteiger partial charge is 0.433 e. The maximum Gasteiger partial charge on any atom is 0.433 e. The van der Waals surface area contributed by atoms with Crippen LogP contribution in [0.3, 0.4) is 0 Å². The van der Waals surface area contributed by atoms with E-state index in [1.54, 1.807) is 36.4 Å². The van der Waals surface area contributed by atoms with Crippen molar-refractivity contribution in [3.05, 3.63) is 90.1 Å². The van der Waals surface area contributed by atoms with Gasteiger partial charge >= 0.3 is 6.18 Å². The van der Waals surface area contributed by atoms with Crippen LogP contribution in [0.25, 0.3) is 22.4 Å². The molecule has 4 nitrogen and oxygen atoms in total. The molecule has 0 saturated heterocycles. The molecule has 0 fully saturated rings. The van der Waals surface area contributed by atoms with Gasteiger partial charge in [-0.15, -0.1) is 0 Å². The van der Waals surface area contributed by atoms with E-state index >= 15 is 0 Å². The van der Waals surface area contributed by atoms with Gasteiger partial charge in [0, 0.05) is 17.2 Å². The molecule has 0 unspecified atom stereocenters. The Morgan fingerprint density at radius 1 is 0.900 bits per heavy atom. The maximum absolute atomic E-state index is 13.5. The number of phenolic OH excluding ortho intramolecular Hbond substituents is 1. The monoisotopic (exact) mass is 410 g/mol. The van der Waals surface area contributed by atoms with Crippen LogP contribution in [0.5, 0.6) is 11.5 Å². The summed E-state index contributed by atoms with van der Waals surface area (Å²) in [6.45, 7) is 0.301. The molecular formula is C23H17F3N2O2. The molecule has 2 N–H and O–H groups in total. The lowest BCUT2D eigenvalue weighted by atomic mass is 9.98. The Bertz CT molecular complexity index is 1140. The Morgan fingerprint density at radius 2 is 1.57 bits per heavy atom. The number of aromatic hydroxyl groups is 1. The molecule has 7 heteroatoms. The summed E-state index contributed by atoms with van der Waals surface area (Å²) in [6, 6.07) is 22.1. The molecule has 30 heavy (non-hydrogen) atoms. The normalized spacial score (nSPS) is 11.4. The molecule has 1 heterocycles. The molecule has 3 aromatic carbocycles. The van der Waals surface area contributed by atoms with Gasteiger partial charge in [-0.1, -0.05) is 60.7 Å². The van der Waals surface area contributed by atoms with Crippen LogP contribution in [0, 0.1) is 0 Å². The number of nitrogens with one attached hydrogen (secondary N) is 1. The summed E-state index contributed by atoms with van der Waals surface area (Å²) in [5.41, 5.74) is 0.407. The highest BCUT2D eigenvalue weighted by molar-refractivity contribution is 5.85. The van der Waals surface area contributed by atoms with Crippen molar-refractivity contribution < 1.29 is 23.0 Å². The summed E-state index contributed by atoms with van der Waals surface area (Å²) in [6.07, 6.45) is -4.62. The van der Waals surface area contributed by atoms with Crippen molar-refractivity contribution in [3.63, 3.8) is 0 Å². The highest BCUT2D eigenvalue weighted by atomic mass is 19.4. The van der Waals surface area contributed by atoms with Gasteiger partial charge < -0.3 is 9.84 Å². The lowest BCUT2D eigenvalue weighted by Gasteiger charge is -2.11. The quantitative estimate of drug-likeness (QED) is 0.421. The molecule has 0 aliphatic heterocycles. The van der Waals surface area contributed by atoms with Crippen LogP contribution in [0.15, 0.2) is 78.9 Å². The number of aromatic amines is 1. The Labute approximate surface area is 170 Å². The maximum atomic E-state index is 13.5. The highest BCUT2D eigenvalue weighted by Gasteiger charge is 2.38. The Kier molecular flexibility index (Phi) is 5.18. The number of hydrogen-bond acceptors (Lipinski definition) is 3. The second-order valence-electron chi connectivity index (χ2n) is 6.64. The Balaban J connectivity index is 1.70. The number of rotatable bonds is 5. The van der Waals surface area contributed by atoms with Gasteiger partial charge in [0.25, 0.3) is 0 Å². The Morgan fingerprint density at radius 3 is 2.20 bits per heavy atom. The van der Waals surface area contributed by atoms with Crippen molar-refractivity contribution in [1.82, 2.24) is 10.2 Å². The van der Waals surface area contributed by atoms with E-state index in [1.165, 1.54) is 12.1 Å². The molecule has 0 spiro atoms. The first kappa shape index (κ1) is 19.6. The minimum absolute atomic E-state index is 0.0145.